The Morgan fingerprint density at radius 1 is 1.28 bits per heavy atom. The summed E-state index contributed by atoms with van der Waals surface area (Å²) in [6.45, 7) is 1.70. The molecule has 0 saturated heterocycles. The molecule has 2 nitrogen and oxygen atoms in total. The van der Waals surface area contributed by atoms with Gasteiger partial charge in [-0.15, -0.1) is 0 Å². The van der Waals surface area contributed by atoms with Crippen molar-refractivity contribution in [3.63, 3.8) is 0 Å². The summed E-state index contributed by atoms with van der Waals surface area (Å²) in [6, 6.07) is 9.71. The number of hydrogen-bond acceptors (Lipinski definition) is 2. The minimum absolute atomic E-state index is 0.000605. The number of ketones is 1. The van der Waals surface area contributed by atoms with Crippen LogP contribution in [0.5, 0.6) is 0 Å². The third kappa shape index (κ3) is 2.41. The Morgan fingerprint density at radius 3 is 2.72 bits per heavy atom. The molecule has 0 aliphatic rings. The Kier molecular flexibility index (Phi) is 3.72. The molecule has 2 aromatic rings. The van der Waals surface area contributed by atoms with Crippen LogP contribution in [0.15, 0.2) is 42.6 Å². The lowest BCUT2D eigenvalue weighted by Crippen LogP contribution is -2.12. The third-order valence-corrected chi connectivity index (χ3v) is 3.03. The number of Topliss-reactive ketones (excluding diaryl/α,β-unsaturated/α-hetero) is 1. The van der Waals surface area contributed by atoms with Crippen molar-refractivity contribution in [3.8, 4) is 0 Å². The van der Waals surface area contributed by atoms with Gasteiger partial charge in [-0.25, -0.2) is 4.39 Å². The van der Waals surface area contributed by atoms with Gasteiger partial charge in [-0.2, -0.15) is 0 Å². The molecule has 1 aromatic carbocycles. The van der Waals surface area contributed by atoms with E-state index in [9.17, 15) is 9.18 Å². The van der Waals surface area contributed by atoms with Crippen LogP contribution in [-0.4, -0.2) is 10.8 Å². The number of hydrogen-bond donors (Lipinski definition) is 0. The largest absolute Gasteiger partial charge is 0.293 e. The lowest BCUT2D eigenvalue weighted by molar-refractivity contribution is 0.0960. The molecule has 0 fully saturated rings. The van der Waals surface area contributed by atoms with E-state index in [1.807, 2.05) is 0 Å². The van der Waals surface area contributed by atoms with E-state index in [1.54, 1.807) is 37.4 Å². The average molecular weight is 264 g/mol. The highest BCUT2D eigenvalue weighted by Crippen LogP contribution is 2.24. The van der Waals surface area contributed by atoms with Gasteiger partial charge < -0.3 is 0 Å². The molecule has 1 heterocycles. The minimum Gasteiger partial charge on any atom is -0.293 e. The smallest absolute Gasteiger partial charge is 0.174 e. The summed E-state index contributed by atoms with van der Waals surface area (Å²) in [5.41, 5.74) is 0.613. The van der Waals surface area contributed by atoms with E-state index in [-0.39, 0.29) is 16.4 Å². The van der Waals surface area contributed by atoms with E-state index in [2.05, 4.69) is 4.98 Å². The normalized spacial score (nSPS) is 12.2. The first-order valence-corrected chi connectivity index (χ1v) is 5.88. The molecule has 0 radical (unpaired) electrons. The molecule has 1 aromatic heterocycles. The number of rotatable bonds is 3. The minimum atomic E-state index is -0.674. The molecular formula is C14H11ClFNO. The summed E-state index contributed by atoms with van der Waals surface area (Å²) in [7, 11) is 0. The van der Waals surface area contributed by atoms with Gasteiger partial charge in [0, 0.05) is 6.20 Å². The maximum atomic E-state index is 13.8. The molecule has 0 saturated carbocycles. The highest BCUT2D eigenvalue weighted by atomic mass is 35.5. The topological polar surface area (TPSA) is 30.0 Å². The molecule has 4 heteroatoms. The number of nitrogens with zero attached hydrogens (tertiary/aromatic N) is 1. The zero-order valence-electron chi connectivity index (χ0n) is 9.73. The van der Waals surface area contributed by atoms with E-state index in [4.69, 9.17) is 11.6 Å². The molecule has 1 unspecified atom stereocenters. The van der Waals surface area contributed by atoms with Crippen molar-refractivity contribution < 1.29 is 9.18 Å². The van der Waals surface area contributed by atoms with Crippen molar-refractivity contribution in [1.29, 1.82) is 0 Å². The molecule has 18 heavy (non-hydrogen) atoms. The number of aromatic nitrogens is 1. The first-order chi connectivity index (χ1) is 8.61. The lowest BCUT2D eigenvalue weighted by Gasteiger charge is -2.10. The van der Waals surface area contributed by atoms with Gasteiger partial charge in [-0.1, -0.05) is 23.7 Å². The molecule has 92 valence electrons. The van der Waals surface area contributed by atoms with Gasteiger partial charge in [0.25, 0.3) is 0 Å². The summed E-state index contributed by atoms with van der Waals surface area (Å²) in [4.78, 5) is 16.3. The number of halogens is 2. The number of benzene rings is 1. The molecule has 2 rings (SSSR count). The highest BCUT2D eigenvalue weighted by Gasteiger charge is 2.22. The third-order valence-electron chi connectivity index (χ3n) is 2.74. The summed E-state index contributed by atoms with van der Waals surface area (Å²) < 4.78 is 13.8. The monoisotopic (exact) mass is 263 g/mol. The Balaban J connectivity index is 2.35. The zero-order chi connectivity index (χ0) is 13.1. The fraction of sp³-hybridized carbons (Fsp3) is 0.143. The summed E-state index contributed by atoms with van der Waals surface area (Å²) in [6.07, 6.45) is 1.60. The Morgan fingerprint density at radius 2 is 2.06 bits per heavy atom. The average Bonchev–Trinajstić information content (AvgIpc) is 2.41. The fourth-order valence-corrected chi connectivity index (χ4v) is 1.87. The molecule has 0 bridgehead atoms. The van der Waals surface area contributed by atoms with Crippen LogP contribution in [0.4, 0.5) is 4.39 Å². The van der Waals surface area contributed by atoms with Crippen LogP contribution in [0.1, 0.15) is 28.9 Å². The van der Waals surface area contributed by atoms with Gasteiger partial charge >= 0.3 is 0 Å². The summed E-state index contributed by atoms with van der Waals surface area (Å²) >= 11 is 5.67. The van der Waals surface area contributed by atoms with E-state index < -0.39 is 11.7 Å². The van der Waals surface area contributed by atoms with Gasteiger partial charge in [0.05, 0.1) is 22.2 Å². The predicted octanol–water partition coefficient (Wildman–Crippen LogP) is 3.86. The van der Waals surface area contributed by atoms with Crippen LogP contribution in [0.3, 0.4) is 0 Å². The molecule has 1 atom stereocenters. The van der Waals surface area contributed by atoms with E-state index in [1.165, 1.54) is 12.1 Å². The predicted molar refractivity (Wildman–Crippen MR) is 68.4 cm³/mol. The van der Waals surface area contributed by atoms with Gasteiger partial charge in [0.2, 0.25) is 0 Å². The second-order valence-electron chi connectivity index (χ2n) is 3.94. The number of pyridine rings is 1. The van der Waals surface area contributed by atoms with Gasteiger partial charge in [-0.05, 0) is 31.2 Å². The van der Waals surface area contributed by atoms with Crippen LogP contribution in [0.2, 0.25) is 5.02 Å². The standard InChI is InChI=1S/C14H11ClFNO/c1-9(12-7-2-3-8-17-12)14(18)10-5-4-6-11(15)13(10)16/h2-9H,1H3. The van der Waals surface area contributed by atoms with Crippen molar-refractivity contribution in [2.24, 2.45) is 0 Å². The number of carbonyl (C=O) groups excluding carboxylic acids is 1. The Bertz CT molecular complexity index is 571. The van der Waals surface area contributed by atoms with Gasteiger partial charge in [-0.3, -0.25) is 9.78 Å². The van der Waals surface area contributed by atoms with E-state index in [0.717, 1.165) is 0 Å². The van der Waals surface area contributed by atoms with Crippen LogP contribution in [-0.2, 0) is 0 Å². The van der Waals surface area contributed by atoms with Crippen LogP contribution in [0, 0.1) is 5.82 Å². The van der Waals surface area contributed by atoms with Crippen molar-refractivity contribution in [1.82, 2.24) is 4.98 Å². The zero-order valence-corrected chi connectivity index (χ0v) is 10.5. The summed E-state index contributed by atoms with van der Waals surface area (Å²) in [5.74, 6) is -1.50. The fourth-order valence-electron chi connectivity index (χ4n) is 1.69. The van der Waals surface area contributed by atoms with Crippen molar-refractivity contribution in [2.75, 3.05) is 0 Å². The van der Waals surface area contributed by atoms with Gasteiger partial charge in [0.15, 0.2) is 11.6 Å². The van der Waals surface area contributed by atoms with Gasteiger partial charge in [0.1, 0.15) is 0 Å². The number of carbonyl (C=O) groups is 1. The highest BCUT2D eigenvalue weighted by molar-refractivity contribution is 6.31. The van der Waals surface area contributed by atoms with E-state index >= 15 is 0 Å². The maximum Gasteiger partial charge on any atom is 0.174 e. The molecular weight excluding hydrogens is 253 g/mol. The maximum absolute atomic E-state index is 13.8. The summed E-state index contributed by atoms with van der Waals surface area (Å²) in [5, 5.41) is -0.0472. The first kappa shape index (κ1) is 12.7. The quantitative estimate of drug-likeness (QED) is 0.787. The molecule has 0 aliphatic heterocycles. The first-order valence-electron chi connectivity index (χ1n) is 5.50. The van der Waals surface area contributed by atoms with Crippen LogP contribution < -0.4 is 0 Å². The molecule has 0 N–H and O–H groups in total. The van der Waals surface area contributed by atoms with Crippen molar-refractivity contribution >= 4 is 17.4 Å². The van der Waals surface area contributed by atoms with Crippen LogP contribution >= 0.6 is 11.6 Å². The van der Waals surface area contributed by atoms with Crippen molar-refractivity contribution in [2.45, 2.75) is 12.8 Å². The molecule has 0 aliphatic carbocycles. The molecule has 0 spiro atoms. The Hall–Kier alpha value is -1.74. The molecule has 0 amide bonds. The van der Waals surface area contributed by atoms with Crippen molar-refractivity contribution in [3.05, 3.63) is 64.7 Å². The van der Waals surface area contributed by atoms with E-state index in [0.29, 0.717) is 5.69 Å². The Labute approximate surface area is 109 Å². The second-order valence-corrected chi connectivity index (χ2v) is 4.35. The second kappa shape index (κ2) is 5.27. The van der Waals surface area contributed by atoms with Crippen LogP contribution in [0.25, 0.3) is 0 Å². The SMILES string of the molecule is CC(C(=O)c1cccc(Cl)c1F)c1ccccn1. The lowest BCUT2D eigenvalue weighted by atomic mass is 9.95.